The Labute approximate surface area is 168 Å². The zero-order valence-corrected chi connectivity index (χ0v) is 15.2. The number of pyridine rings is 1. The summed E-state index contributed by atoms with van der Waals surface area (Å²) in [6.45, 7) is 0. The predicted molar refractivity (Wildman–Crippen MR) is 103 cm³/mol. The second-order valence-electron chi connectivity index (χ2n) is 6.40. The number of alkyl halides is 3. The minimum Gasteiger partial charge on any atom is -0.476 e. The molecule has 0 spiro atoms. The summed E-state index contributed by atoms with van der Waals surface area (Å²) < 4.78 is 43.9. The highest BCUT2D eigenvalue weighted by Crippen LogP contribution is 2.34. The van der Waals surface area contributed by atoms with Crippen LogP contribution in [0.4, 0.5) is 13.2 Å². The van der Waals surface area contributed by atoms with Gasteiger partial charge in [-0.05, 0) is 41.5 Å². The van der Waals surface area contributed by atoms with Crippen molar-refractivity contribution in [2.45, 2.75) is 6.18 Å². The first-order valence-corrected chi connectivity index (χ1v) is 8.75. The van der Waals surface area contributed by atoms with E-state index in [4.69, 9.17) is 4.42 Å². The molecule has 0 saturated heterocycles. The van der Waals surface area contributed by atoms with Crippen LogP contribution in [0.3, 0.4) is 0 Å². The molecule has 2 heterocycles. The molecule has 0 radical (unpaired) electrons. The molecule has 150 valence electrons. The van der Waals surface area contributed by atoms with Crippen LogP contribution >= 0.6 is 0 Å². The molecule has 30 heavy (non-hydrogen) atoms. The van der Waals surface area contributed by atoms with Crippen molar-refractivity contribution in [3.05, 3.63) is 84.3 Å². The number of rotatable bonds is 4. The Morgan fingerprint density at radius 2 is 1.50 bits per heavy atom. The summed E-state index contributed by atoms with van der Waals surface area (Å²) in [5, 5.41) is 9.49. The van der Waals surface area contributed by atoms with Crippen molar-refractivity contribution in [2.75, 3.05) is 0 Å². The minimum atomic E-state index is -4.47. The molecule has 0 amide bonds. The Morgan fingerprint density at radius 1 is 0.867 bits per heavy atom. The zero-order chi connectivity index (χ0) is 21.3. The van der Waals surface area contributed by atoms with Gasteiger partial charge in [0.15, 0.2) is 11.5 Å². The molecule has 0 unspecified atom stereocenters. The fourth-order valence-corrected chi connectivity index (χ4v) is 2.93. The van der Waals surface area contributed by atoms with Crippen molar-refractivity contribution in [2.24, 2.45) is 0 Å². The third-order valence-electron chi connectivity index (χ3n) is 4.43. The predicted octanol–water partition coefficient (Wildman–Crippen LogP) is 5.79. The van der Waals surface area contributed by atoms with E-state index in [-0.39, 0.29) is 22.9 Å². The normalized spacial score (nSPS) is 11.4. The minimum absolute atomic E-state index is 0.0233. The molecule has 1 N–H and O–H groups in total. The monoisotopic (exact) mass is 410 g/mol. The maximum atomic E-state index is 12.8. The first-order chi connectivity index (χ1) is 14.3. The molecule has 0 aliphatic heterocycles. The first-order valence-electron chi connectivity index (χ1n) is 8.75. The van der Waals surface area contributed by atoms with Crippen LogP contribution in [-0.4, -0.2) is 21.0 Å². The molecule has 2 aromatic heterocycles. The molecule has 0 bridgehead atoms. The van der Waals surface area contributed by atoms with Crippen LogP contribution in [0.2, 0.25) is 0 Å². The average Bonchev–Trinajstić information content (AvgIpc) is 3.20. The van der Waals surface area contributed by atoms with Gasteiger partial charge in [0.2, 0.25) is 5.89 Å². The quantitative estimate of drug-likeness (QED) is 0.461. The van der Waals surface area contributed by atoms with Crippen molar-refractivity contribution >= 4 is 5.97 Å². The van der Waals surface area contributed by atoms with E-state index in [1.54, 1.807) is 42.7 Å². The van der Waals surface area contributed by atoms with Gasteiger partial charge < -0.3 is 9.52 Å². The number of carbonyl (C=O) groups is 1. The number of halogens is 3. The second-order valence-corrected chi connectivity index (χ2v) is 6.40. The average molecular weight is 410 g/mol. The van der Waals surface area contributed by atoms with E-state index in [2.05, 4.69) is 9.97 Å². The van der Waals surface area contributed by atoms with Crippen molar-refractivity contribution in [3.63, 3.8) is 0 Å². The molecule has 2 aromatic carbocycles. The van der Waals surface area contributed by atoms with Crippen molar-refractivity contribution in [3.8, 4) is 33.9 Å². The third-order valence-corrected chi connectivity index (χ3v) is 4.43. The molecule has 8 heteroatoms. The van der Waals surface area contributed by atoms with Gasteiger partial charge in [0.25, 0.3) is 0 Å². The van der Waals surface area contributed by atoms with Gasteiger partial charge in [-0.2, -0.15) is 13.2 Å². The van der Waals surface area contributed by atoms with E-state index in [9.17, 15) is 23.1 Å². The number of aromatic nitrogens is 2. The fraction of sp³-hybridized carbons (Fsp3) is 0.0455. The summed E-state index contributed by atoms with van der Waals surface area (Å²) in [7, 11) is 0. The van der Waals surface area contributed by atoms with Crippen LogP contribution in [0.1, 0.15) is 16.1 Å². The van der Waals surface area contributed by atoms with Gasteiger partial charge in [-0.15, -0.1) is 0 Å². The molecule has 4 rings (SSSR count). The number of hydrogen-bond donors (Lipinski definition) is 1. The fourth-order valence-electron chi connectivity index (χ4n) is 2.93. The van der Waals surface area contributed by atoms with Gasteiger partial charge in [0.05, 0.1) is 5.56 Å². The molecule has 4 aromatic rings. The smallest absolute Gasteiger partial charge is 0.416 e. The maximum absolute atomic E-state index is 12.8. The number of hydrogen-bond acceptors (Lipinski definition) is 4. The maximum Gasteiger partial charge on any atom is 0.416 e. The van der Waals surface area contributed by atoms with Crippen LogP contribution in [0.5, 0.6) is 0 Å². The Morgan fingerprint density at radius 3 is 2.07 bits per heavy atom. The summed E-state index contributed by atoms with van der Waals surface area (Å²) >= 11 is 0. The molecule has 0 aliphatic carbocycles. The highest BCUT2D eigenvalue weighted by atomic mass is 19.4. The molecule has 0 saturated carbocycles. The van der Waals surface area contributed by atoms with E-state index < -0.39 is 17.7 Å². The number of carboxylic acid groups (broad SMARTS) is 1. The van der Waals surface area contributed by atoms with E-state index in [0.717, 1.165) is 23.3 Å². The molecule has 0 aliphatic rings. The van der Waals surface area contributed by atoms with Gasteiger partial charge in [-0.3, -0.25) is 4.98 Å². The van der Waals surface area contributed by atoms with Gasteiger partial charge in [0, 0.05) is 23.5 Å². The van der Waals surface area contributed by atoms with Crippen molar-refractivity contribution in [1.29, 1.82) is 0 Å². The Bertz CT molecular complexity index is 1180. The Hall–Kier alpha value is -3.94. The van der Waals surface area contributed by atoms with Gasteiger partial charge in [0.1, 0.15) is 0 Å². The number of carboxylic acids is 1. The number of benzene rings is 2. The molecule has 0 fully saturated rings. The van der Waals surface area contributed by atoms with Crippen LogP contribution in [-0.2, 0) is 6.18 Å². The molecule has 0 atom stereocenters. The number of nitrogens with zero attached hydrogens (tertiary/aromatic N) is 2. The lowest BCUT2D eigenvalue weighted by atomic mass is 10.0. The van der Waals surface area contributed by atoms with E-state index in [1.165, 1.54) is 12.1 Å². The third kappa shape index (κ3) is 3.80. The SMILES string of the molecule is O=C(O)c1nc(-c2ccc(C(F)(F)F)cc2)oc1-c1ccc(-c2cccnc2)cc1. The summed E-state index contributed by atoms with van der Waals surface area (Å²) in [5.41, 5.74) is 1.35. The number of aromatic carboxylic acids is 1. The second kappa shape index (κ2) is 7.47. The van der Waals surface area contributed by atoms with Crippen LogP contribution < -0.4 is 0 Å². The summed E-state index contributed by atoms with van der Waals surface area (Å²) in [6, 6.07) is 14.8. The van der Waals surface area contributed by atoms with Crippen LogP contribution in [0.25, 0.3) is 33.9 Å². The van der Waals surface area contributed by atoms with Crippen LogP contribution in [0, 0.1) is 0 Å². The standard InChI is InChI=1S/C22H13F3N2O3/c23-22(24,25)17-9-7-15(8-10-17)20-27-18(21(28)29)19(30-20)14-5-3-13(4-6-14)16-2-1-11-26-12-16/h1-12H,(H,28,29). The van der Waals surface area contributed by atoms with E-state index >= 15 is 0 Å². The first kappa shape index (κ1) is 19.4. The summed E-state index contributed by atoms with van der Waals surface area (Å²) in [6.07, 6.45) is -1.11. The Kier molecular flexibility index (Phi) is 4.83. The topological polar surface area (TPSA) is 76.2 Å². The van der Waals surface area contributed by atoms with Gasteiger partial charge >= 0.3 is 12.1 Å². The highest BCUT2D eigenvalue weighted by molar-refractivity contribution is 5.93. The molecular weight excluding hydrogens is 397 g/mol. The number of oxazole rings is 1. The molecular formula is C22H13F3N2O3. The largest absolute Gasteiger partial charge is 0.476 e. The lowest BCUT2D eigenvalue weighted by Gasteiger charge is -2.06. The highest BCUT2D eigenvalue weighted by Gasteiger charge is 2.30. The van der Waals surface area contributed by atoms with E-state index in [0.29, 0.717) is 5.56 Å². The van der Waals surface area contributed by atoms with Crippen molar-refractivity contribution < 1.29 is 27.5 Å². The van der Waals surface area contributed by atoms with E-state index in [1.807, 2.05) is 6.07 Å². The lowest BCUT2D eigenvalue weighted by molar-refractivity contribution is -0.137. The van der Waals surface area contributed by atoms with Crippen LogP contribution in [0.15, 0.2) is 77.5 Å². The molecule has 5 nitrogen and oxygen atoms in total. The van der Waals surface area contributed by atoms with Gasteiger partial charge in [-0.25, -0.2) is 9.78 Å². The zero-order valence-electron chi connectivity index (χ0n) is 15.2. The van der Waals surface area contributed by atoms with Gasteiger partial charge in [-0.1, -0.05) is 30.3 Å². The Balaban J connectivity index is 1.70. The lowest BCUT2D eigenvalue weighted by Crippen LogP contribution is -2.04. The summed E-state index contributed by atoms with van der Waals surface area (Å²) in [5.74, 6) is -1.36. The van der Waals surface area contributed by atoms with Crippen molar-refractivity contribution in [1.82, 2.24) is 9.97 Å². The summed E-state index contributed by atoms with van der Waals surface area (Å²) in [4.78, 5) is 19.7.